The van der Waals surface area contributed by atoms with Crippen molar-refractivity contribution < 1.29 is 31.4 Å². The first-order chi connectivity index (χ1) is 19.5. The van der Waals surface area contributed by atoms with Crippen molar-refractivity contribution in [1.29, 1.82) is 0 Å². The van der Waals surface area contributed by atoms with Gasteiger partial charge < -0.3 is 14.5 Å². The maximum Gasteiger partial charge on any atom is 0.410 e. The zero-order valence-electron chi connectivity index (χ0n) is 25.9. The van der Waals surface area contributed by atoms with Gasteiger partial charge in [0.05, 0.1) is 12.4 Å². The number of benzene rings is 2. The Morgan fingerprint density at radius 1 is 0.952 bits per heavy atom. The Bertz CT molecular complexity index is 1250. The molecule has 232 valence electrons. The number of carbonyl (C=O) groups is 2. The second-order valence-electron chi connectivity index (χ2n) is 12.8. The number of ether oxygens (including phenoxy) is 1. The Labute approximate surface area is 252 Å². The topological polar surface area (TPSA) is 111 Å². The minimum Gasteiger partial charge on any atom is -0.444 e. The minimum atomic E-state index is -3.71. The van der Waals surface area contributed by atoms with E-state index in [0.717, 1.165) is 6.26 Å². The molecule has 11 heteroatoms. The second kappa shape index (κ2) is 13.7. The Kier molecular flexibility index (Phi) is 11.0. The Morgan fingerprint density at radius 3 is 1.98 bits per heavy atom. The average molecular weight is 619 g/mol. The highest BCUT2D eigenvalue weighted by molar-refractivity contribution is 7.86. The molecule has 2 atom stereocenters. The molecule has 0 bridgehead atoms. The number of nitrogens with one attached hydrogen (secondary N) is 1. The van der Waals surface area contributed by atoms with Gasteiger partial charge >= 0.3 is 6.09 Å². The van der Waals surface area contributed by atoms with Crippen molar-refractivity contribution >= 4 is 40.8 Å². The lowest BCUT2D eigenvalue weighted by Gasteiger charge is -2.43. The number of carbonyl (C=O) groups excluding carboxylic acids is 2. The van der Waals surface area contributed by atoms with Gasteiger partial charge in [-0.2, -0.15) is 8.42 Å². The van der Waals surface area contributed by atoms with E-state index in [2.05, 4.69) is 50.4 Å². The van der Waals surface area contributed by atoms with E-state index in [1.807, 2.05) is 36.4 Å². The van der Waals surface area contributed by atoms with Crippen LogP contribution >= 0.6 is 0 Å². The summed E-state index contributed by atoms with van der Waals surface area (Å²) in [6.07, 6.45) is 0.551. The van der Waals surface area contributed by atoms with Gasteiger partial charge in [-0.25, -0.2) is 4.79 Å². The lowest BCUT2D eigenvalue weighted by Crippen LogP contribution is -2.66. The molecule has 0 aliphatic carbocycles. The van der Waals surface area contributed by atoms with Gasteiger partial charge in [-0.15, -0.1) is 0 Å². The maximum absolute atomic E-state index is 13.4. The number of rotatable bonds is 10. The summed E-state index contributed by atoms with van der Waals surface area (Å²) in [6, 6.07) is 19.8. The van der Waals surface area contributed by atoms with Crippen molar-refractivity contribution in [3.8, 4) is 0 Å². The van der Waals surface area contributed by atoms with E-state index >= 15 is 0 Å². The lowest BCUT2D eigenvalue weighted by atomic mass is 9.99. The lowest BCUT2D eigenvalue weighted by molar-refractivity contribution is -0.129. The highest BCUT2D eigenvalue weighted by Gasteiger charge is 2.50. The van der Waals surface area contributed by atoms with Gasteiger partial charge in [0.2, 0.25) is 5.91 Å². The molecule has 9 nitrogen and oxygen atoms in total. The second-order valence-corrected chi connectivity index (χ2v) is 18.7. The number of nitrogens with zero attached hydrogens (tertiary/aromatic N) is 1. The molecule has 2 amide bonds. The standard InChI is InChI=1S/C31H46N2O7SSi/c1-30(2,3)39-29(35)33-21-19-24(40-41(7,36)37)23-27(33)28(34)32-20-14-22-38-42(31(4,5)6,25-15-10-8-11-16-25)26-17-12-9-13-18-26/h8-13,15-18,24,27H,14,19-23H2,1-7H3,(H,32,34)/t24-,27+/m1/s1. The van der Waals surface area contributed by atoms with Crippen LogP contribution in [0.1, 0.15) is 60.8 Å². The smallest absolute Gasteiger partial charge is 0.410 e. The SMILES string of the molecule is CC(C)(C)OC(=O)N1CC[C@@H](OS(C)(=O)=O)C[C@H]1C(=O)NCCCO[Si](c1ccccc1)(c1ccccc1)C(C)(C)C. The average Bonchev–Trinajstić information content (AvgIpc) is 2.89. The van der Waals surface area contributed by atoms with Gasteiger partial charge in [-0.1, -0.05) is 81.4 Å². The number of hydrogen-bond donors (Lipinski definition) is 1. The molecule has 2 aromatic carbocycles. The van der Waals surface area contributed by atoms with Crippen LogP contribution in [0.2, 0.25) is 5.04 Å². The van der Waals surface area contributed by atoms with Crippen molar-refractivity contribution in [3.05, 3.63) is 60.7 Å². The molecule has 42 heavy (non-hydrogen) atoms. The van der Waals surface area contributed by atoms with Gasteiger partial charge in [0.25, 0.3) is 18.4 Å². The molecule has 1 fully saturated rings. The number of hydrogen-bond acceptors (Lipinski definition) is 7. The molecule has 0 aromatic heterocycles. The normalized spacial score (nSPS) is 18.4. The summed E-state index contributed by atoms with van der Waals surface area (Å²) in [5.74, 6) is -0.381. The summed E-state index contributed by atoms with van der Waals surface area (Å²) in [7, 11) is -6.41. The van der Waals surface area contributed by atoms with Gasteiger partial charge in [0.1, 0.15) is 11.6 Å². The van der Waals surface area contributed by atoms with Crippen molar-refractivity contribution in [1.82, 2.24) is 10.2 Å². The summed E-state index contributed by atoms with van der Waals surface area (Å²) in [4.78, 5) is 27.6. The van der Waals surface area contributed by atoms with Crippen LogP contribution in [0.4, 0.5) is 4.79 Å². The molecule has 3 rings (SSSR count). The van der Waals surface area contributed by atoms with E-state index in [4.69, 9.17) is 13.3 Å². The van der Waals surface area contributed by atoms with Crippen LogP contribution in [0, 0.1) is 0 Å². The molecular formula is C31H46N2O7SSi. The molecule has 1 heterocycles. The third-order valence-electron chi connectivity index (χ3n) is 7.15. The molecule has 0 unspecified atom stereocenters. The molecule has 0 spiro atoms. The fourth-order valence-electron chi connectivity index (χ4n) is 5.44. The van der Waals surface area contributed by atoms with Crippen LogP contribution in [0.3, 0.4) is 0 Å². The summed E-state index contributed by atoms with van der Waals surface area (Å²) in [5.41, 5.74) is -0.740. The van der Waals surface area contributed by atoms with Gasteiger partial charge in [0.15, 0.2) is 0 Å². The van der Waals surface area contributed by atoms with E-state index in [1.165, 1.54) is 15.3 Å². The van der Waals surface area contributed by atoms with Crippen LogP contribution < -0.4 is 15.7 Å². The Hall–Kier alpha value is -2.73. The first kappa shape index (κ1) is 33.8. The maximum atomic E-state index is 13.4. The monoisotopic (exact) mass is 618 g/mol. The highest BCUT2D eigenvalue weighted by atomic mass is 32.2. The van der Waals surface area contributed by atoms with E-state index in [1.54, 1.807) is 20.8 Å². The van der Waals surface area contributed by atoms with Crippen molar-refractivity contribution in [2.45, 2.75) is 83.6 Å². The molecule has 1 aliphatic heterocycles. The van der Waals surface area contributed by atoms with Crippen LogP contribution in [-0.2, 0) is 28.3 Å². The number of piperidine rings is 1. The summed E-state index contributed by atoms with van der Waals surface area (Å²) in [5, 5.41) is 5.13. The largest absolute Gasteiger partial charge is 0.444 e. The van der Waals surface area contributed by atoms with E-state index in [9.17, 15) is 18.0 Å². The highest BCUT2D eigenvalue weighted by Crippen LogP contribution is 2.36. The third kappa shape index (κ3) is 8.89. The van der Waals surface area contributed by atoms with E-state index in [-0.39, 0.29) is 30.3 Å². The zero-order chi connectivity index (χ0) is 31.2. The molecule has 2 aromatic rings. The van der Waals surface area contributed by atoms with Gasteiger partial charge in [-0.05, 0) is 49.0 Å². The molecule has 1 N–H and O–H groups in total. The van der Waals surface area contributed by atoms with Crippen LogP contribution in [0.25, 0.3) is 0 Å². The molecule has 0 radical (unpaired) electrons. The minimum absolute atomic E-state index is 0.0523. The molecule has 1 aliphatic rings. The Morgan fingerprint density at radius 2 is 1.50 bits per heavy atom. The molecule has 1 saturated heterocycles. The number of likely N-dealkylation sites (tertiary alicyclic amines) is 1. The summed E-state index contributed by atoms with van der Waals surface area (Å²) >= 11 is 0. The van der Waals surface area contributed by atoms with Crippen molar-refractivity contribution in [2.75, 3.05) is 26.0 Å². The molecular weight excluding hydrogens is 573 g/mol. The quantitative estimate of drug-likeness (QED) is 0.245. The van der Waals surface area contributed by atoms with Gasteiger partial charge in [0, 0.05) is 26.1 Å². The number of amides is 2. The van der Waals surface area contributed by atoms with E-state index in [0.29, 0.717) is 19.6 Å². The van der Waals surface area contributed by atoms with E-state index < -0.39 is 42.3 Å². The first-order valence-corrected chi connectivity index (χ1v) is 18.2. The van der Waals surface area contributed by atoms with Crippen LogP contribution in [-0.4, -0.2) is 77.3 Å². The first-order valence-electron chi connectivity index (χ1n) is 14.4. The summed E-state index contributed by atoms with van der Waals surface area (Å²) < 4.78 is 41.1. The fraction of sp³-hybridized carbons (Fsp3) is 0.548. The van der Waals surface area contributed by atoms with Crippen molar-refractivity contribution in [2.24, 2.45) is 0 Å². The Balaban J connectivity index is 1.71. The third-order valence-corrected chi connectivity index (χ3v) is 12.8. The fourth-order valence-corrected chi connectivity index (χ4v) is 10.7. The zero-order valence-corrected chi connectivity index (χ0v) is 27.7. The van der Waals surface area contributed by atoms with Crippen LogP contribution in [0.5, 0.6) is 0 Å². The predicted molar refractivity (Wildman–Crippen MR) is 167 cm³/mol. The summed E-state index contributed by atoms with van der Waals surface area (Å²) in [6.45, 7) is 12.8. The van der Waals surface area contributed by atoms with Crippen molar-refractivity contribution in [3.63, 3.8) is 0 Å². The molecule has 0 saturated carbocycles. The van der Waals surface area contributed by atoms with Crippen LogP contribution in [0.15, 0.2) is 60.7 Å². The van der Waals surface area contributed by atoms with Gasteiger partial charge in [-0.3, -0.25) is 13.9 Å². The predicted octanol–water partition coefficient (Wildman–Crippen LogP) is 3.81.